The standard InChI is InChI=1S/C14H18N4O2S/c1-3-20-13(19)11(16)9-6-4-5-8-7-17-14(21-2)18-12(8)10(9)15/h7,15H,3-6,16H2,1-2H3. The van der Waals surface area contributed by atoms with Crippen LogP contribution < -0.4 is 5.73 Å². The van der Waals surface area contributed by atoms with Gasteiger partial charge in [-0.1, -0.05) is 11.8 Å². The van der Waals surface area contributed by atoms with Crippen LogP contribution in [0, 0.1) is 5.41 Å². The maximum atomic E-state index is 11.8. The summed E-state index contributed by atoms with van der Waals surface area (Å²) in [5, 5.41) is 8.96. The number of carbonyl (C=O) groups excluding carboxylic acids is 1. The minimum absolute atomic E-state index is 0.0130. The molecule has 7 heteroatoms. The van der Waals surface area contributed by atoms with Crippen LogP contribution in [-0.2, 0) is 16.0 Å². The number of fused-ring (bicyclic) bond motifs is 1. The third kappa shape index (κ3) is 3.24. The first-order valence-corrected chi connectivity index (χ1v) is 7.95. The molecule has 3 N–H and O–H groups in total. The van der Waals surface area contributed by atoms with E-state index in [1.54, 1.807) is 13.1 Å². The molecule has 0 fully saturated rings. The van der Waals surface area contributed by atoms with Gasteiger partial charge in [-0.3, -0.25) is 5.41 Å². The first kappa shape index (κ1) is 15.5. The van der Waals surface area contributed by atoms with Crippen LogP contribution in [0.1, 0.15) is 31.0 Å². The summed E-state index contributed by atoms with van der Waals surface area (Å²) in [6.45, 7) is 1.98. The molecule has 6 nitrogen and oxygen atoms in total. The van der Waals surface area contributed by atoms with Crippen molar-refractivity contribution < 1.29 is 9.53 Å². The second-order valence-corrected chi connectivity index (χ2v) is 5.35. The molecule has 1 heterocycles. The summed E-state index contributed by atoms with van der Waals surface area (Å²) in [7, 11) is 0. The average molecular weight is 306 g/mol. The summed E-state index contributed by atoms with van der Waals surface area (Å²) >= 11 is 1.42. The Labute approximate surface area is 127 Å². The second kappa shape index (κ2) is 6.71. The van der Waals surface area contributed by atoms with Gasteiger partial charge in [0.05, 0.1) is 18.0 Å². The highest BCUT2D eigenvalue weighted by Crippen LogP contribution is 2.25. The fourth-order valence-electron chi connectivity index (χ4n) is 2.21. The number of nitrogens with zero attached hydrogens (tertiary/aromatic N) is 2. The molecule has 1 aromatic heterocycles. The molecule has 1 aliphatic carbocycles. The van der Waals surface area contributed by atoms with Crippen LogP contribution in [0.5, 0.6) is 0 Å². The molecule has 0 unspecified atom stereocenters. The zero-order valence-electron chi connectivity index (χ0n) is 12.1. The number of nitrogens with one attached hydrogen (secondary N) is 1. The van der Waals surface area contributed by atoms with Crippen LogP contribution in [0.4, 0.5) is 0 Å². The van der Waals surface area contributed by atoms with Gasteiger partial charge in [-0.2, -0.15) is 0 Å². The van der Waals surface area contributed by atoms with E-state index in [0.29, 0.717) is 22.8 Å². The summed E-state index contributed by atoms with van der Waals surface area (Å²) < 4.78 is 4.92. The van der Waals surface area contributed by atoms with Crippen LogP contribution in [0.2, 0.25) is 0 Å². The highest BCUT2D eigenvalue weighted by atomic mass is 32.2. The number of aromatic nitrogens is 2. The van der Waals surface area contributed by atoms with Gasteiger partial charge in [-0.25, -0.2) is 14.8 Å². The van der Waals surface area contributed by atoms with Crippen molar-refractivity contribution in [2.24, 2.45) is 5.73 Å². The molecule has 21 heavy (non-hydrogen) atoms. The van der Waals surface area contributed by atoms with E-state index < -0.39 is 5.97 Å². The third-order valence-corrected chi connectivity index (χ3v) is 3.82. The Kier molecular flexibility index (Phi) is 4.95. The molecular formula is C14H18N4O2S. The molecular weight excluding hydrogens is 288 g/mol. The number of allylic oxidation sites excluding steroid dienone is 1. The lowest BCUT2D eigenvalue weighted by Gasteiger charge is -2.11. The lowest BCUT2D eigenvalue weighted by molar-refractivity contribution is -0.138. The van der Waals surface area contributed by atoms with E-state index in [2.05, 4.69) is 9.97 Å². The molecule has 2 rings (SSSR count). The van der Waals surface area contributed by atoms with Gasteiger partial charge < -0.3 is 10.5 Å². The van der Waals surface area contributed by atoms with Crippen LogP contribution in [-0.4, -0.2) is 34.5 Å². The zero-order chi connectivity index (χ0) is 15.4. The smallest absolute Gasteiger partial charge is 0.354 e. The van der Waals surface area contributed by atoms with Gasteiger partial charge >= 0.3 is 5.97 Å². The molecule has 0 saturated heterocycles. The second-order valence-electron chi connectivity index (χ2n) is 4.57. The van der Waals surface area contributed by atoms with Crippen molar-refractivity contribution in [3.8, 4) is 0 Å². The molecule has 0 aromatic carbocycles. The summed E-state index contributed by atoms with van der Waals surface area (Å²) in [4.78, 5) is 20.4. The van der Waals surface area contributed by atoms with Crippen molar-refractivity contribution in [3.63, 3.8) is 0 Å². The fourth-order valence-corrected chi connectivity index (χ4v) is 2.55. The Bertz CT molecular complexity index is 613. The molecule has 0 amide bonds. The van der Waals surface area contributed by atoms with Gasteiger partial charge in [0.2, 0.25) is 0 Å². The van der Waals surface area contributed by atoms with Crippen LogP contribution in [0.15, 0.2) is 22.6 Å². The number of carbonyl (C=O) groups is 1. The number of esters is 1. The SMILES string of the molecule is CCOC(=O)C(N)=C1CCCc2cnc(SC)nc2C1=N. The van der Waals surface area contributed by atoms with Crippen LogP contribution in [0.25, 0.3) is 0 Å². The molecule has 0 bridgehead atoms. The number of thioether (sulfide) groups is 1. The number of hydrogen-bond acceptors (Lipinski definition) is 7. The molecule has 0 aliphatic heterocycles. The number of ether oxygens (including phenoxy) is 1. The average Bonchev–Trinajstić information content (AvgIpc) is 2.66. The Hall–Kier alpha value is -1.89. The van der Waals surface area contributed by atoms with Crippen LogP contribution >= 0.6 is 11.8 Å². The van der Waals surface area contributed by atoms with E-state index in [9.17, 15) is 4.79 Å². The van der Waals surface area contributed by atoms with Crippen molar-refractivity contribution in [3.05, 3.63) is 28.7 Å². The van der Waals surface area contributed by atoms with Crippen molar-refractivity contribution in [2.75, 3.05) is 12.9 Å². The van der Waals surface area contributed by atoms with Gasteiger partial charge in [0.25, 0.3) is 0 Å². The van der Waals surface area contributed by atoms with Gasteiger partial charge in [-0.15, -0.1) is 0 Å². The maximum Gasteiger partial charge on any atom is 0.354 e. The van der Waals surface area contributed by atoms with E-state index in [1.807, 2.05) is 6.26 Å². The number of nitrogens with two attached hydrogens (primary N) is 1. The lowest BCUT2D eigenvalue weighted by Crippen LogP contribution is -2.21. The zero-order valence-corrected chi connectivity index (χ0v) is 12.9. The molecule has 1 aromatic rings. The van der Waals surface area contributed by atoms with E-state index in [0.717, 1.165) is 18.4 Å². The van der Waals surface area contributed by atoms with Gasteiger partial charge in [0.15, 0.2) is 5.16 Å². The normalized spacial score (nSPS) is 17.0. The largest absolute Gasteiger partial charge is 0.461 e. The monoisotopic (exact) mass is 306 g/mol. The van der Waals surface area contributed by atoms with E-state index in [1.165, 1.54) is 11.8 Å². The fraction of sp³-hybridized carbons (Fsp3) is 0.429. The number of rotatable bonds is 3. The van der Waals surface area contributed by atoms with Gasteiger partial charge in [-0.05, 0) is 38.0 Å². The van der Waals surface area contributed by atoms with Crippen LogP contribution in [0.3, 0.4) is 0 Å². The number of aryl methyl sites for hydroxylation is 1. The Balaban J connectivity index is 2.45. The van der Waals surface area contributed by atoms with Crippen molar-refractivity contribution >= 4 is 23.4 Å². The Morgan fingerprint density at radius 3 is 2.95 bits per heavy atom. The molecule has 0 atom stereocenters. The molecule has 0 saturated carbocycles. The van der Waals surface area contributed by atoms with Gasteiger partial charge in [0, 0.05) is 11.8 Å². The number of hydrogen-bond donors (Lipinski definition) is 2. The van der Waals surface area contributed by atoms with Crippen molar-refractivity contribution in [1.82, 2.24) is 9.97 Å². The third-order valence-electron chi connectivity index (χ3n) is 3.26. The Morgan fingerprint density at radius 1 is 1.52 bits per heavy atom. The molecule has 0 radical (unpaired) electrons. The maximum absolute atomic E-state index is 11.8. The summed E-state index contributed by atoms with van der Waals surface area (Å²) in [5.41, 5.74) is 8.09. The predicted molar refractivity (Wildman–Crippen MR) is 81.4 cm³/mol. The predicted octanol–water partition coefficient (Wildman–Crippen LogP) is 1.68. The quantitative estimate of drug-likeness (QED) is 0.289. The van der Waals surface area contributed by atoms with E-state index >= 15 is 0 Å². The van der Waals surface area contributed by atoms with E-state index in [4.69, 9.17) is 15.9 Å². The van der Waals surface area contributed by atoms with Crippen molar-refractivity contribution in [2.45, 2.75) is 31.3 Å². The minimum Gasteiger partial charge on any atom is -0.461 e. The summed E-state index contributed by atoms with van der Waals surface area (Å²) in [6.07, 6.45) is 5.77. The topological polar surface area (TPSA) is 102 Å². The van der Waals surface area contributed by atoms with E-state index in [-0.39, 0.29) is 18.0 Å². The Morgan fingerprint density at radius 2 is 2.29 bits per heavy atom. The minimum atomic E-state index is -0.570. The summed E-state index contributed by atoms with van der Waals surface area (Å²) in [6, 6.07) is 0. The molecule has 1 aliphatic rings. The highest BCUT2D eigenvalue weighted by molar-refractivity contribution is 7.98. The van der Waals surface area contributed by atoms with Gasteiger partial charge in [0.1, 0.15) is 5.70 Å². The first-order chi connectivity index (χ1) is 10.1. The molecule has 112 valence electrons. The van der Waals surface area contributed by atoms with Crippen molar-refractivity contribution in [1.29, 1.82) is 5.41 Å². The highest BCUT2D eigenvalue weighted by Gasteiger charge is 2.24. The first-order valence-electron chi connectivity index (χ1n) is 6.73. The molecule has 0 spiro atoms. The lowest BCUT2D eigenvalue weighted by atomic mass is 10.0. The summed E-state index contributed by atoms with van der Waals surface area (Å²) in [5.74, 6) is -0.570.